The second kappa shape index (κ2) is 7.63. The lowest BCUT2D eigenvalue weighted by Crippen LogP contribution is -2.41. The molecule has 3 aromatic rings. The predicted octanol–water partition coefficient (Wildman–Crippen LogP) is 4.36. The molecule has 30 heavy (non-hydrogen) atoms. The van der Waals surface area contributed by atoms with E-state index in [9.17, 15) is 19.7 Å². The first-order chi connectivity index (χ1) is 14.5. The first-order valence-electron chi connectivity index (χ1n) is 9.23. The van der Waals surface area contributed by atoms with Crippen molar-refractivity contribution in [3.8, 4) is 0 Å². The highest BCUT2D eigenvalue weighted by Crippen LogP contribution is 2.35. The van der Waals surface area contributed by atoms with E-state index in [-0.39, 0.29) is 11.3 Å². The van der Waals surface area contributed by atoms with E-state index in [0.717, 1.165) is 0 Å². The summed E-state index contributed by atoms with van der Waals surface area (Å²) in [4.78, 5) is 37.2. The number of anilines is 2. The number of non-ortho nitro benzene ring substituents is 1. The van der Waals surface area contributed by atoms with E-state index >= 15 is 0 Å². The summed E-state index contributed by atoms with van der Waals surface area (Å²) in [5.74, 6) is -0.906. The van der Waals surface area contributed by atoms with Gasteiger partial charge in [0.25, 0.3) is 17.5 Å². The quantitative estimate of drug-likeness (QED) is 0.282. The Labute approximate surface area is 172 Å². The number of hydrogen-bond donors (Lipinski definition) is 0. The van der Waals surface area contributed by atoms with Crippen LogP contribution in [0.15, 0.2) is 90.5 Å². The molecule has 0 N–H and O–H groups in total. The van der Waals surface area contributed by atoms with E-state index in [2.05, 4.69) is 0 Å². The van der Waals surface area contributed by atoms with E-state index < -0.39 is 16.7 Å². The normalized spacial score (nSPS) is 13.7. The Hall–Kier alpha value is -4.26. The van der Waals surface area contributed by atoms with Crippen molar-refractivity contribution in [1.82, 2.24) is 0 Å². The average Bonchev–Trinajstić information content (AvgIpc) is 3.04. The lowest BCUT2D eigenvalue weighted by molar-refractivity contribution is -0.384. The number of amides is 2. The van der Waals surface area contributed by atoms with Gasteiger partial charge >= 0.3 is 0 Å². The monoisotopic (exact) mass is 399 g/mol. The lowest BCUT2D eigenvalue weighted by Gasteiger charge is -2.27. The Balaban J connectivity index is 1.85. The van der Waals surface area contributed by atoms with Crippen molar-refractivity contribution in [2.45, 2.75) is 6.92 Å². The van der Waals surface area contributed by atoms with Crippen LogP contribution in [-0.2, 0) is 9.59 Å². The standard InChI is InChI=1S/C23H17N3O4/c1-16(17-12-14-20(15-13-17)26(29)30)21-22(27)24(18-8-4-2-5-9-18)25(23(21)28)19-10-6-3-7-11-19/h2-15H,1H3. The zero-order valence-electron chi connectivity index (χ0n) is 16.1. The highest BCUT2D eigenvalue weighted by Gasteiger charge is 2.44. The van der Waals surface area contributed by atoms with Gasteiger partial charge in [0.15, 0.2) is 0 Å². The minimum absolute atomic E-state index is 0.0246. The van der Waals surface area contributed by atoms with Crippen molar-refractivity contribution in [3.05, 3.63) is 106 Å². The number of rotatable bonds is 4. The molecule has 0 saturated carbocycles. The summed E-state index contributed by atoms with van der Waals surface area (Å²) in [5, 5.41) is 13.6. The van der Waals surface area contributed by atoms with Gasteiger partial charge in [0.05, 0.1) is 16.3 Å². The molecule has 1 heterocycles. The lowest BCUT2D eigenvalue weighted by atomic mass is 10.0. The topological polar surface area (TPSA) is 83.8 Å². The van der Waals surface area contributed by atoms with Gasteiger partial charge in [0.1, 0.15) is 5.57 Å². The summed E-state index contributed by atoms with van der Waals surface area (Å²) in [7, 11) is 0. The largest absolute Gasteiger partial charge is 0.283 e. The number of benzene rings is 3. The zero-order chi connectivity index (χ0) is 21.3. The molecule has 0 bridgehead atoms. The molecule has 0 aliphatic carbocycles. The SMILES string of the molecule is CC(=C1C(=O)N(c2ccccc2)N(c2ccccc2)C1=O)c1ccc([N+](=O)[O-])cc1. The highest BCUT2D eigenvalue weighted by molar-refractivity contribution is 6.39. The Morgan fingerprint density at radius 1 is 0.733 bits per heavy atom. The van der Waals surface area contributed by atoms with Gasteiger partial charge in [-0.2, -0.15) is 0 Å². The van der Waals surface area contributed by atoms with Crippen LogP contribution < -0.4 is 10.0 Å². The number of para-hydroxylation sites is 2. The van der Waals surface area contributed by atoms with Gasteiger partial charge in [-0.3, -0.25) is 19.7 Å². The van der Waals surface area contributed by atoms with Crippen LogP contribution in [0, 0.1) is 10.1 Å². The molecule has 0 radical (unpaired) electrons. The van der Waals surface area contributed by atoms with Crippen molar-refractivity contribution < 1.29 is 14.5 Å². The molecule has 1 aliphatic heterocycles. The van der Waals surface area contributed by atoms with Gasteiger partial charge in [-0.05, 0) is 54.5 Å². The van der Waals surface area contributed by atoms with Crippen LogP contribution in [0.3, 0.4) is 0 Å². The highest BCUT2D eigenvalue weighted by atomic mass is 16.6. The summed E-state index contributed by atoms with van der Waals surface area (Å²) in [5.41, 5.74) is 2.12. The molecule has 0 atom stereocenters. The fourth-order valence-electron chi connectivity index (χ4n) is 3.39. The van der Waals surface area contributed by atoms with Crippen molar-refractivity contribution in [2.75, 3.05) is 10.0 Å². The predicted molar refractivity (Wildman–Crippen MR) is 114 cm³/mol. The average molecular weight is 399 g/mol. The van der Waals surface area contributed by atoms with E-state index in [0.29, 0.717) is 22.5 Å². The third-order valence-corrected chi connectivity index (χ3v) is 4.90. The van der Waals surface area contributed by atoms with Crippen LogP contribution >= 0.6 is 0 Å². The molecule has 0 spiro atoms. The first-order valence-corrected chi connectivity index (χ1v) is 9.23. The summed E-state index contributed by atoms with van der Waals surface area (Å²) in [6.07, 6.45) is 0. The maximum absolute atomic E-state index is 13.4. The van der Waals surface area contributed by atoms with Crippen molar-refractivity contribution >= 4 is 34.4 Å². The van der Waals surface area contributed by atoms with Gasteiger partial charge in [0, 0.05) is 12.1 Å². The van der Waals surface area contributed by atoms with Gasteiger partial charge in [0.2, 0.25) is 0 Å². The van der Waals surface area contributed by atoms with E-state index in [1.54, 1.807) is 67.6 Å². The third-order valence-electron chi connectivity index (χ3n) is 4.90. The molecule has 1 fully saturated rings. The number of nitro benzene ring substituents is 1. The smallest absolute Gasteiger partial charge is 0.267 e. The van der Waals surface area contributed by atoms with Gasteiger partial charge in [-0.15, -0.1) is 0 Å². The second-order valence-corrected chi connectivity index (χ2v) is 6.71. The first kappa shape index (κ1) is 19.1. The Morgan fingerprint density at radius 2 is 1.17 bits per heavy atom. The minimum atomic E-state index is -0.494. The fourth-order valence-corrected chi connectivity index (χ4v) is 3.39. The van der Waals surface area contributed by atoms with E-state index in [1.165, 1.54) is 22.2 Å². The summed E-state index contributed by atoms with van der Waals surface area (Å²) < 4.78 is 0. The number of nitrogens with zero attached hydrogens (tertiary/aromatic N) is 3. The molecule has 4 rings (SSSR count). The van der Waals surface area contributed by atoms with Gasteiger partial charge in [-0.1, -0.05) is 36.4 Å². The summed E-state index contributed by atoms with van der Waals surface area (Å²) >= 11 is 0. The van der Waals surface area contributed by atoms with Gasteiger partial charge in [-0.25, -0.2) is 10.0 Å². The van der Waals surface area contributed by atoms with E-state index in [4.69, 9.17) is 0 Å². The molecule has 7 heteroatoms. The van der Waals surface area contributed by atoms with Crippen LogP contribution in [-0.4, -0.2) is 16.7 Å². The molecular formula is C23H17N3O4. The summed E-state index contributed by atoms with van der Waals surface area (Å²) in [6, 6.07) is 23.6. The number of allylic oxidation sites excluding steroid dienone is 1. The molecule has 0 unspecified atom stereocenters. The molecule has 1 saturated heterocycles. The van der Waals surface area contributed by atoms with Crippen LogP contribution in [0.4, 0.5) is 17.1 Å². The van der Waals surface area contributed by atoms with Crippen molar-refractivity contribution in [3.63, 3.8) is 0 Å². The molecular weight excluding hydrogens is 382 g/mol. The number of carbonyl (C=O) groups is 2. The molecule has 1 aliphatic rings. The molecule has 0 aromatic heterocycles. The van der Waals surface area contributed by atoms with Crippen LogP contribution in [0.5, 0.6) is 0 Å². The molecule has 7 nitrogen and oxygen atoms in total. The summed E-state index contributed by atoms with van der Waals surface area (Å²) in [6.45, 7) is 1.67. The number of hydrogen-bond acceptors (Lipinski definition) is 4. The number of carbonyl (C=O) groups excluding carboxylic acids is 2. The maximum atomic E-state index is 13.4. The minimum Gasteiger partial charge on any atom is -0.267 e. The molecule has 2 amide bonds. The van der Waals surface area contributed by atoms with Crippen molar-refractivity contribution in [2.24, 2.45) is 0 Å². The van der Waals surface area contributed by atoms with E-state index in [1.807, 2.05) is 12.1 Å². The second-order valence-electron chi connectivity index (χ2n) is 6.71. The number of nitro groups is 1. The Kier molecular flexibility index (Phi) is 4.85. The Morgan fingerprint density at radius 3 is 1.57 bits per heavy atom. The van der Waals surface area contributed by atoms with Gasteiger partial charge < -0.3 is 0 Å². The maximum Gasteiger partial charge on any atom is 0.283 e. The molecule has 3 aromatic carbocycles. The third kappa shape index (κ3) is 3.22. The zero-order valence-corrected chi connectivity index (χ0v) is 16.1. The Bertz CT molecular complexity index is 1100. The number of hydrazine groups is 1. The van der Waals surface area contributed by atoms with Crippen LogP contribution in [0.1, 0.15) is 12.5 Å². The van der Waals surface area contributed by atoms with Crippen LogP contribution in [0.2, 0.25) is 0 Å². The van der Waals surface area contributed by atoms with Crippen LogP contribution in [0.25, 0.3) is 5.57 Å². The molecule has 148 valence electrons. The van der Waals surface area contributed by atoms with Crippen molar-refractivity contribution in [1.29, 1.82) is 0 Å². The fraction of sp³-hybridized carbons (Fsp3) is 0.0435.